The topological polar surface area (TPSA) is 63.1 Å². The number of rotatable bonds is 4. The average molecular weight is 209 g/mol. The van der Waals surface area contributed by atoms with E-state index < -0.39 is 0 Å². The minimum Gasteiger partial charge on any atom is -0.324 e. The molecule has 1 amide bonds. The Morgan fingerprint density at radius 3 is 2.80 bits per heavy atom. The molecule has 0 atom stereocenters. The Hall–Kier alpha value is -1.62. The Kier molecular flexibility index (Phi) is 4.05. The van der Waals surface area contributed by atoms with Gasteiger partial charge >= 0.3 is 0 Å². The van der Waals surface area contributed by atoms with Gasteiger partial charge in [0.2, 0.25) is 5.91 Å². The van der Waals surface area contributed by atoms with Crippen molar-refractivity contribution in [1.82, 2.24) is 9.88 Å². The van der Waals surface area contributed by atoms with Gasteiger partial charge in [0, 0.05) is 18.8 Å². The molecule has 0 aromatic carbocycles. The maximum absolute atomic E-state index is 11.3. The summed E-state index contributed by atoms with van der Waals surface area (Å²) in [7, 11) is 1.70. The summed E-state index contributed by atoms with van der Waals surface area (Å²) in [4.78, 5) is 22.5. The van der Waals surface area contributed by atoms with Gasteiger partial charge in [-0.3, -0.25) is 9.59 Å². The van der Waals surface area contributed by atoms with Crippen LogP contribution in [0.2, 0.25) is 0 Å². The first kappa shape index (κ1) is 11.5. The number of hydrogen-bond donors (Lipinski definition) is 2. The normalized spacial score (nSPS) is 10.0. The molecule has 2 N–H and O–H groups in total. The molecule has 0 aliphatic rings. The number of aromatic nitrogens is 1. The third kappa shape index (κ3) is 3.21. The molecule has 0 saturated carbocycles. The zero-order chi connectivity index (χ0) is 11.3. The van der Waals surface area contributed by atoms with E-state index in [9.17, 15) is 9.59 Å². The van der Waals surface area contributed by atoms with Crippen molar-refractivity contribution in [2.45, 2.75) is 13.5 Å². The Balaban J connectivity index is 2.78. The van der Waals surface area contributed by atoms with E-state index in [0.29, 0.717) is 12.2 Å². The van der Waals surface area contributed by atoms with Crippen LogP contribution in [0.5, 0.6) is 0 Å². The maximum Gasteiger partial charge on any atom is 0.250 e. The molecule has 1 rings (SSSR count). The van der Waals surface area contributed by atoms with Crippen LogP contribution in [-0.2, 0) is 11.3 Å². The third-order valence-electron chi connectivity index (χ3n) is 1.95. The van der Waals surface area contributed by atoms with Gasteiger partial charge in [-0.1, -0.05) is 0 Å². The maximum atomic E-state index is 11.3. The Morgan fingerprint density at radius 1 is 1.47 bits per heavy atom. The molecule has 5 heteroatoms. The zero-order valence-corrected chi connectivity index (χ0v) is 8.91. The van der Waals surface area contributed by atoms with Crippen LogP contribution >= 0.6 is 0 Å². The van der Waals surface area contributed by atoms with E-state index in [4.69, 9.17) is 0 Å². The van der Waals surface area contributed by atoms with Crippen LogP contribution in [0.4, 0.5) is 5.69 Å². The fourth-order valence-electron chi connectivity index (χ4n) is 1.22. The monoisotopic (exact) mass is 209 g/mol. The summed E-state index contributed by atoms with van der Waals surface area (Å²) in [6.45, 7) is 2.72. The highest BCUT2D eigenvalue weighted by atomic mass is 16.2. The number of carbonyl (C=O) groups excluding carboxylic acids is 1. The summed E-state index contributed by atoms with van der Waals surface area (Å²) in [5.41, 5.74) is 0.570. The molecule has 5 nitrogen and oxygen atoms in total. The summed E-state index contributed by atoms with van der Waals surface area (Å²) >= 11 is 0. The van der Waals surface area contributed by atoms with Crippen LogP contribution in [0.1, 0.15) is 6.92 Å². The molecule has 0 fully saturated rings. The highest BCUT2D eigenvalue weighted by Gasteiger charge is 2.01. The van der Waals surface area contributed by atoms with E-state index in [1.807, 2.05) is 6.92 Å². The van der Waals surface area contributed by atoms with E-state index in [1.54, 1.807) is 19.3 Å². The molecule has 1 aromatic heterocycles. The van der Waals surface area contributed by atoms with E-state index in [0.717, 1.165) is 0 Å². The number of aryl methyl sites for hydroxylation is 1. The predicted molar refractivity (Wildman–Crippen MR) is 58.9 cm³/mol. The standard InChI is InChI=1S/C10H15N3O2/c1-3-13-7-8(4-5-10(13)15)12-9(14)6-11-2/h4-5,7,11H,3,6H2,1-2H3,(H,12,14). The van der Waals surface area contributed by atoms with Crippen molar-refractivity contribution >= 4 is 11.6 Å². The van der Waals surface area contributed by atoms with Crippen LogP contribution in [0, 0.1) is 0 Å². The number of amides is 1. The van der Waals surface area contributed by atoms with E-state index in [-0.39, 0.29) is 18.0 Å². The first-order valence-electron chi connectivity index (χ1n) is 4.82. The number of likely N-dealkylation sites (N-methyl/N-ethyl adjacent to an activating group) is 1. The van der Waals surface area contributed by atoms with Crippen molar-refractivity contribution in [3.63, 3.8) is 0 Å². The molecule has 0 spiro atoms. The molecule has 0 aliphatic heterocycles. The molecule has 0 unspecified atom stereocenters. The lowest BCUT2D eigenvalue weighted by Crippen LogP contribution is -2.26. The third-order valence-corrected chi connectivity index (χ3v) is 1.95. The minimum absolute atomic E-state index is 0.0656. The van der Waals surface area contributed by atoms with Crippen LogP contribution < -0.4 is 16.2 Å². The van der Waals surface area contributed by atoms with E-state index in [2.05, 4.69) is 10.6 Å². The van der Waals surface area contributed by atoms with Gasteiger partial charge in [0.1, 0.15) is 0 Å². The quantitative estimate of drug-likeness (QED) is 0.735. The van der Waals surface area contributed by atoms with Crippen LogP contribution in [-0.4, -0.2) is 24.1 Å². The van der Waals surface area contributed by atoms with Crippen LogP contribution in [0.3, 0.4) is 0 Å². The second-order valence-electron chi connectivity index (χ2n) is 3.12. The largest absolute Gasteiger partial charge is 0.324 e. The molecule has 1 aromatic rings. The van der Waals surface area contributed by atoms with Gasteiger partial charge in [-0.2, -0.15) is 0 Å². The smallest absolute Gasteiger partial charge is 0.250 e. The van der Waals surface area contributed by atoms with E-state index in [1.165, 1.54) is 10.6 Å². The lowest BCUT2D eigenvalue weighted by Gasteiger charge is -2.07. The predicted octanol–water partition coefficient (Wildman–Crippen LogP) is 0.0261. The number of nitrogens with zero attached hydrogens (tertiary/aromatic N) is 1. The molecule has 0 bridgehead atoms. The molecule has 0 aliphatic carbocycles. The SMILES string of the molecule is CCn1cc(NC(=O)CNC)ccc1=O. The second kappa shape index (κ2) is 5.31. The van der Waals surface area contributed by atoms with Gasteiger partial charge in [0.25, 0.3) is 5.56 Å². The summed E-state index contributed by atoms with van der Waals surface area (Å²) in [6.07, 6.45) is 1.63. The van der Waals surface area contributed by atoms with Crippen LogP contribution in [0.25, 0.3) is 0 Å². The molecule has 15 heavy (non-hydrogen) atoms. The van der Waals surface area contributed by atoms with Crippen molar-refractivity contribution < 1.29 is 4.79 Å². The fourth-order valence-corrected chi connectivity index (χ4v) is 1.22. The van der Waals surface area contributed by atoms with Gasteiger partial charge in [-0.25, -0.2) is 0 Å². The van der Waals surface area contributed by atoms with Crippen molar-refractivity contribution in [1.29, 1.82) is 0 Å². The van der Waals surface area contributed by atoms with Gasteiger partial charge in [0.05, 0.1) is 12.2 Å². The highest BCUT2D eigenvalue weighted by molar-refractivity contribution is 5.91. The summed E-state index contributed by atoms with van der Waals surface area (Å²) in [6, 6.07) is 3.04. The Morgan fingerprint density at radius 2 is 2.20 bits per heavy atom. The summed E-state index contributed by atoms with van der Waals surface area (Å²) in [5, 5.41) is 5.43. The number of hydrogen-bond acceptors (Lipinski definition) is 3. The van der Waals surface area contributed by atoms with Crippen molar-refractivity contribution in [3.8, 4) is 0 Å². The number of nitrogens with one attached hydrogen (secondary N) is 2. The number of carbonyl (C=O) groups is 1. The van der Waals surface area contributed by atoms with Gasteiger partial charge < -0.3 is 15.2 Å². The van der Waals surface area contributed by atoms with Crippen molar-refractivity contribution in [3.05, 3.63) is 28.7 Å². The molecule has 1 heterocycles. The molecule has 0 saturated heterocycles. The van der Waals surface area contributed by atoms with E-state index >= 15 is 0 Å². The van der Waals surface area contributed by atoms with Crippen LogP contribution in [0.15, 0.2) is 23.1 Å². The Bertz CT molecular complexity index is 398. The zero-order valence-electron chi connectivity index (χ0n) is 8.91. The van der Waals surface area contributed by atoms with Crippen molar-refractivity contribution in [2.75, 3.05) is 18.9 Å². The first-order chi connectivity index (χ1) is 7.17. The number of pyridine rings is 1. The average Bonchev–Trinajstić information content (AvgIpc) is 2.21. The molecule has 0 radical (unpaired) electrons. The van der Waals surface area contributed by atoms with Crippen molar-refractivity contribution in [2.24, 2.45) is 0 Å². The molecular formula is C10H15N3O2. The van der Waals surface area contributed by atoms with Gasteiger partial charge in [0.15, 0.2) is 0 Å². The van der Waals surface area contributed by atoms with Gasteiger partial charge in [-0.05, 0) is 20.0 Å². The fraction of sp³-hybridized carbons (Fsp3) is 0.400. The molecule has 82 valence electrons. The lowest BCUT2D eigenvalue weighted by atomic mass is 10.4. The lowest BCUT2D eigenvalue weighted by molar-refractivity contribution is -0.115. The summed E-state index contributed by atoms with van der Waals surface area (Å²) < 4.78 is 1.54. The highest BCUT2D eigenvalue weighted by Crippen LogP contribution is 2.02. The molecular weight excluding hydrogens is 194 g/mol. The minimum atomic E-state index is -0.126. The first-order valence-corrected chi connectivity index (χ1v) is 4.82. The van der Waals surface area contributed by atoms with Gasteiger partial charge in [-0.15, -0.1) is 0 Å². The second-order valence-corrected chi connectivity index (χ2v) is 3.12. The summed E-state index contributed by atoms with van der Waals surface area (Å²) in [5.74, 6) is -0.126. The number of anilines is 1. The Labute approximate surface area is 88.1 Å².